The molecule has 13 heavy (non-hydrogen) atoms. The first-order chi connectivity index (χ1) is 6.25. The molecule has 1 aromatic carbocycles. The van der Waals surface area contributed by atoms with Gasteiger partial charge < -0.3 is 5.11 Å². The Morgan fingerprint density at radius 3 is 2.62 bits per heavy atom. The maximum absolute atomic E-state index is 9.29. The fourth-order valence-corrected chi connectivity index (χ4v) is 2.11. The predicted octanol–water partition coefficient (Wildman–Crippen LogP) is 3.43. The van der Waals surface area contributed by atoms with Gasteiger partial charge in [0, 0.05) is 9.75 Å². The highest BCUT2D eigenvalue weighted by Crippen LogP contribution is 2.29. The third-order valence-electron chi connectivity index (χ3n) is 1.87. The fourth-order valence-electron chi connectivity index (χ4n) is 1.25. The molecular formula is C11H10OS. The first kappa shape index (κ1) is 8.32. The molecule has 0 aliphatic heterocycles. The molecule has 0 unspecified atom stereocenters. The third kappa shape index (κ3) is 1.73. The van der Waals surface area contributed by atoms with E-state index in [-0.39, 0.29) is 0 Å². The molecule has 0 saturated heterocycles. The number of hydrogen-bond acceptors (Lipinski definition) is 2. The molecule has 0 aliphatic rings. The van der Waals surface area contributed by atoms with E-state index in [0.29, 0.717) is 5.75 Å². The second-order valence-corrected chi connectivity index (χ2v) is 4.25. The number of hydrogen-bond donors (Lipinski definition) is 1. The van der Waals surface area contributed by atoms with Crippen molar-refractivity contribution in [1.29, 1.82) is 0 Å². The minimum atomic E-state index is 0.323. The second-order valence-electron chi connectivity index (χ2n) is 2.96. The first-order valence-electron chi connectivity index (χ1n) is 4.11. The van der Waals surface area contributed by atoms with Gasteiger partial charge in [-0.15, -0.1) is 11.3 Å². The first-order valence-corrected chi connectivity index (χ1v) is 4.93. The van der Waals surface area contributed by atoms with Gasteiger partial charge in [0.1, 0.15) is 5.75 Å². The van der Waals surface area contributed by atoms with Crippen molar-refractivity contribution in [2.45, 2.75) is 6.92 Å². The van der Waals surface area contributed by atoms with Crippen LogP contribution >= 0.6 is 11.3 Å². The van der Waals surface area contributed by atoms with E-state index in [9.17, 15) is 5.11 Å². The van der Waals surface area contributed by atoms with Gasteiger partial charge in [0.2, 0.25) is 0 Å². The molecule has 1 N–H and O–H groups in total. The standard InChI is InChI=1S/C11H10OS/c1-8-5-6-11(13-8)9-3-2-4-10(12)7-9/h2-7,12H,1H3. The lowest BCUT2D eigenvalue weighted by molar-refractivity contribution is 0.475. The topological polar surface area (TPSA) is 20.2 Å². The Bertz CT molecular complexity index is 418. The quantitative estimate of drug-likeness (QED) is 0.730. The van der Waals surface area contributed by atoms with E-state index < -0.39 is 0 Å². The number of aryl methyl sites for hydroxylation is 1. The van der Waals surface area contributed by atoms with Gasteiger partial charge in [-0.2, -0.15) is 0 Å². The average molecular weight is 190 g/mol. The lowest BCUT2D eigenvalue weighted by Crippen LogP contribution is -1.70. The Kier molecular flexibility index (Phi) is 2.07. The van der Waals surface area contributed by atoms with Gasteiger partial charge in [0.15, 0.2) is 0 Å². The largest absolute Gasteiger partial charge is 0.508 e. The molecule has 0 radical (unpaired) electrons. The van der Waals surface area contributed by atoms with Crippen molar-refractivity contribution in [1.82, 2.24) is 0 Å². The molecule has 1 heterocycles. The molecule has 0 fully saturated rings. The zero-order chi connectivity index (χ0) is 9.26. The molecule has 2 heteroatoms. The van der Waals surface area contributed by atoms with Crippen LogP contribution in [0.15, 0.2) is 36.4 Å². The fraction of sp³-hybridized carbons (Fsp3) is 0.0909. The van der Waals surface area contributed by atoms with Gasteiger partial charge in [-0.1, -0.05) is 12.1 Å². The Labute approximate surface area is 81.3 Å². The summed E-state index contributed by atoms with van der Waals surface area (Å²) in [5.41, 5.74) is 1.08. The van der Waals surface area contributed by atoms with Crippen molar-refractivity contribution in [3.63, 3.8) is 0 Å². The maximum atomic E-state index is 9.29. The molecule has 0 aliphatic carbocycles. The van der Waals surface area contributed by atoms with Crippen molar-refractivity contribution in [3.8, 4) is 16.2 Å². The van der Waals surface area contributed by atoms with Crippen LogP contribution in [0.3, 0.4) is 0 Å². The van der Waals surface area contributed by atoms with Crippen molar-refractivity contribution in [2.75, 3.05) is 0 Å². The number of aromatic hydroxyl groups is 1. The molecule has 0 atom stereocenters. The summed E-state index contributed by atoms with van der Waals surface area (Å²) in [6.45, 7) is 2.08. The van der Waals surface area contributed by atoms with Crippen molar-refractivity contribution in [3.05, 3.63) is 41.3 Å². The van der Waals surface area contributed by atoms with E-state index in [1.807, 2.05) is 12.1 Å². The minimum absolute atomic E-state index is 0.323. The van der Waals surface area contributed by atoms with Crippen molar-refractivity contribution < 1.29 is 5.11 Å². The molecule has 66 valence electrons. The van der Waals surface area contributed by atoms with Crippen LogP contribution in [-0.4, -0.2) is 5.11 Å². The van der Waals surface area contributed by atoms with Gasteiger partial charge in [-0.3, -0.25) is 0 Å². The maximum Gasteiger partial charge on any atom is 0.116 e. The summed E-state index contributed by atoms with van der Waals surface area (Å²) < 4.78 is 0. The lowest BCUT2D eigenvalue weighted by atomic mass is 10.2. The monoisotopic (exact) mass is 190 g/mol. The van der Waals surface area contributed by atoms with Gasteiger partial charge in [0.05, 0.1) is 0 Å². The zero-order valence-electron chi connectivity index (χ0n) is 7.32. The van der Waals surface area contributed by atoms with Crippen LogP contribution in [0.4, 0.5) is 0 Å². The summed E-state index contributed by atoms with van der Waals surface area (Å²) in [4.78, 5) is 2.49. The van der Waals surface area contributed by atoms with E-state index in [1.54, 1.807) is 23.5 Å². The smallest absolute Gasteiger partial charge is 0.116 e. The minimum Gasteiger partial charge on any atom is -0.508 e. The second kappa shape index (κ2) is 3.23. The van der Waals surface area contributed by atoms with Crippen LogP contribution in [0.25, 0.3) is 10.4 Å². The van der Waals surface area contributed by atoms with Crippen LogP contribution < -0.4 is 0 Å². The number of thiophene rings is 1. The van der Waals surface area contributed by atoms with E-state index in [2.05, 4.69) is 19.1 Å². The van der Waals surface area contributed by atoms with Crippen molar-refractivity contribution >= 4 is 11.3 Å². The Morgan fingerprint density at radius 2 is 2.00 bits per heavy atom. The predicted molar refractivity (Wildman–Crippen MR) is 56.2 cm³/mol. The van der Waals surface area contributed by atoms with E-state index in [0.717, 1.165) is 5.56 Å². The summed E-state index contributed by atoms with van der Waals surface area (Å²) in [6.07, 6.45) is 0. The molecule has 0 spiro atoms. The molecule has 2 aromatic rings. The van der Waals surface area contributed by atoms with Crippen LogP contribution in [0.2, 0.25) is 0 Å². The van der Waals surface area contributed by atoms with E-state index in [4.69, 9.17) is 0 Å². The number of rotatable bonds is 1. The highest BCUT2D eigenvalue weighted by atomic mass is 32.1. The summed E-state index contributed by atoms with van der Waals surface area (Å²) >= 11 is 1.74. The van der Waals surface area contributed by atoms with Crippen LogP contribution in [-0.2, 0) is 0 Å². The summed E-state index contributed by atoms with van der Waals surface area (Å²) in [5.74, 6) is 0.323. The average Bonchev–Trinajstić information content (AvgIpc) is 2.52. The zero-order valence-corrected chi connectivity index (χ0v) is 8.14. The van der Waals surface area contributed by atoms with Gasteiger partial charge in [-0.25, -0.2) is 0 Å². The molecule has 0 saturated carbocycles. The summed E-state index contributed by atoms with van der Waals surface area (Å²) in [6, 6.07) is 11.5. The lowest BCUT2D eigenvalue weighted by Gasteiger charge is -1.97. The van der Waals surface area contributed by atoms with Crippen molar-refractivity contribution in [2.24, 2.45) is 0 Å². The summed E-state index contributed by atoms with van der Waals surface area (Å²) in [5, 5.41) is 9.29. The van der Waals surface area contributed by atoms with E-state index in [1.165, 1.54) is 9.75 Å². The number of phenols is 1. The Hall–Kier alpha value is -1.28. The van der Waals surface area contributed by atoms with Crippen LogP contribution in [0.5, 0.6) is 5.75 Å². The molecule has 1 aromatic heterocycles. The highest BCUT2D eigenvalue weighted by molar-refractivity contribution is 7.15. The molecule has 2 rings (SSSR count). The number of benzene rings is 1. The number of phenolic OH excluding ortho intramolecular Hbond substituents is 1. The van der Waals surface area contributed by atoms with Crippen LogP contribution in [0.1, 0.15) is 4.88 Å². The normalized spacial score (nSPS) is 10.2. The third-order valence-corrected chi connectivity index (χ3v) is 2.92. The Balaban J connectivity index is 2.46. The Morgan fingerprint density at radius 1 is 1.15 bits per heavy atom. The molecule has 0 amide bonds. The SMILES string of the molecule is Cc1ccc(-c2cccc(O)c2)s1. The molecular weight excluding hydrogens is 180 g/mol. The van der Waals surface area contributed by atoms with Gasteiger partial charge in [-0.05, 0) is 36.8 Å². The molecule has 1 nitrogen and oxygen atoms in total. The van der Waals surface area contributed by atoms with Crippen LogP contribution in [0, 0.1) is 6.92 Å². The van der Waals surface area contributed by atoms with E-state index >= 15 is 0 Å². The van der Waals surface area contributed by atoms with Gasteiger partial charge >= 0.3 is 0 Å². The van der Waals surface area contributed by atoms with Gasteiger partial charge in [0.25, 0.3) is 0 Å². The molecule has 0 bridgehead atoms. The summed E-state index contributed by atoms with van der Waals surface area (Å²) in [7, 11) is 0. The highest BCUT2D eigenvalue weighted by Gasteiger charge is 2.00.